The lowest BCUT2D eigenvalue weighted by molar-refractivity contribution is 0.0786. The van der Waals surface area contributed by atoms with Crippen LogP contribution in [0.2, 0.25) is 0 Å². The van der Waals surface area contributed by atoms with Gasteiger partial charge in [0.15, 0.2) is 11.6 Å². The van der Waals surface area contributed by atoms with Gasteiger partial charge < -0.3 is 19.5 Å². The van der Waals surface area contributed by atoms with Crippen LogP contribution in [0, 0.1) is 20.8 Å². The van der Waals surface area contributed by atoms with Crippen molar-refractivity contribution in [3.8, 4) is 0 Å². The van der Waals surface area contributed by atoms with Crippen LogP contribution in [0.3, 0.4) is 0 Å². The van der Waals surface area contributed by atoms with Crippen LogP contribution in [0.4, 0.5) is 10.5 Å². The van der Waals surface area contributed by atoms with Gasteiger partial charge in [-0.3, -0.25) is 4.79 Å². The molecule has 3 amide bonds. The van der Waals surface area contributed by atoms with Crippen LogP contribution in [-0.4, -0.2) is 52.9 Å². The molecular weight excluding hydrogens is 380 g/mol. The largest absolute Gasteiger partial charge is 0.445 e. The smallest absolute Gasteiger partial charge is 0.321 e. The molecule has 160 valence electrons. The molecule has 30 heavy (non-hydrogen) atoms. The minimum atomic E-state index is -0.0785. The number of carbonyl (C=O) groups excluding carboxylic acids is 2. The van der Waals surface area contributed by atoms with Gasteiger partial charge in [0.05, 0.1) is 0 Å². The molecule has 0 spiro atoms. The molecule has 1 aromatic carbocycles. The van der Waals surface area contributed by atoms with Crippen LogP contribution in [-0.2, 0) is 0 Å². The molecule has 7 nitrogen and oxygen atoms in total. The zero-order chi connectivity index (χ0) is 21.3. The van der Waals surface area contributed by atoms with Crippen molar-refractivity contribution in [3.63, 3.8) is 0 Å². The summed E-state index contributed by atoms with van der Waals surface area (Å²) in [7, 11) is 0. The van der Waals surface area contributed by atoms with Crippen molar-refractivity contribution >= 4 is 17.6 Å². The number of anilines is 1. The number of oxazole rings is 1. The number of nitrogens with zero attached hydrogens (tertiary/aromatic N) is 3. The number of piperidine rings is 1. The van der Waals surface area contributed by atoms with E-state index in [-0.39, 0.29) is 17.9 Å². The minimum Gasteiger partial charge on any atom is -0.445 e. The highest BCUT2D eigenvalue weighted by molar-refractivity contribution is 5.93. The average Bonchev–Trinajstić information content (AvgIpc) is 3.40. The van der Waals surface area contributed by atoms with Gasteiger partial charge in [0.2, 0.25) is 0 Å². The van der Waals surface area contributed by atoms with E-state index >= 15 is 0 Å². The quantitative estimate of drug-likeness (QED) is 0.821. The van der Waals surface area contributed by atoms with Gasteiger partial charge in [-0.15, -0.1) is 0 Å². The Bertz CT molecular complexity index is 938. The first-order valence-electron chi connectivity index (χ1n) is 10.8. The van der Waals surface area contributed by atoms with Crippen LogP contribution in [0.25, 0.3) is 0 Å². The van der Waals surface area contributed by atoms with Gasteiger partial charge in [-0.05, 0) is 69.7 Å². The lowest BCUT2D eigenvalue weighted by Crippen LogP contribution is -2.40. The van der Waals surface area contributed by atoms with E-state index in [9.17, 15) is 9.59 Å². The SMILES string of the molecule is Cc1ccc(NC(=O)N2CCC(c3nc(C(=O)N4CCCC4)c(C)o3)CC2)cc1C. The monoisotopic (exact) mass is 410 g/mol. The van der Waals surface area contributed by atoms with Crippen molar-refractivity contribution in [3.05, 3.63) is 46.7 Å². The molecule has 0 unspecified atom stereocenters. The van der Waals surface area contributed by atoms with Crippen molar-refractivity contribution in [1.82, 2.24) is 14.8 Å². The molecule has 2 aliphatic heterocycles. The van der Waals surface area contributed by atoms with Gasteiger partial charge >= 0.3 is 6.03 Å². The molecule has 4 rings (SSSR count). The van der Waals surface area contributed by atoms with Gasteiger partial charge in [0, 0.05) is 37.8 Å². The highest BCUT2D eigenvalue weighted by atomic mass is 16.4. The van der Waals surface area contributed by atoms with E-state index in [1.54, 1.807) is 0 Å². The Morgan fingerprint density at radius 3 is 2.37 bits per heavy atom. The standard InChI is InChI=1S/C23H30N4O3/c1-15-6-7-19(14-16(15)2)24-23(29)27-12-8-18(9-13-27)21-25-20(17(3)30-21)22(28)26-10-4-5-11-26/h6-7,14,18H,4-5,8-13H2,1-3H3,(H,24,29). The first-order chi connectivity index (χ1) is 14.4. The molecule has 7 heteroatoms. The summed E-state index contributed by atoms with van der Waals surface area (Å²) in [4.78, 5) is 33.5. The maximum Gasteiger partial charge on any atom is 0.321 e. The third kappa shape index (κ3) is 4.20. The summed E-state index contributed by atoms with van der Waals surface area (Å²) in [6.07, 6.45) is 3.66. The Kier molecular flexibility index (Phi) is 5.79. The molecule has 2 fully saturated rings. The molecule has 1 aromatic heterocycles. The molecule has 0 radical (unpaired) electrons. The average molecular weight is 411 g/mol. The second kappa shape index (κ2) is 8.50. The van der Waals surface area contributed by atoms with Gasteiger partial charge in [0.25, 0.3) is 5.91 Å². The number of carbonyl (C=O) groups is 2. The lowest BCUT2D eigenvalue weighted by atomic mass is 9.97. The number of urea groups is 1. The van der Waals surface area contributed by atoms with Crippen molar-refractivity contribution in [2.24, 2.45) is 0 Å². The summed E-state index contributed by atoms with van der Waals surface area (Å²) >= 11 is 0. The molecular formula is C23H30N4O3. The van der Waals surface area contributed by atoms with Crippen LogP contribution in [0.1, 0.15) is 64.9 Å². The van der Waals surface area contributed by atoms with Crippen molar-refractivity contribution in [2.45, 2.75) is 52.4 Å². The van der Waals surface area contributed by atoms with E-state index in [1.807, 2.05) is 41.8 Å². The predicted molar refractivity (Wildman–Crippen MR) is 115 cm³/mol. The number of aryl methyl sites for hydroxylation is 3. The van der Waals surface area contributed by atoms with Gasteiger partial charge in [0.1, 0.15) is 5.76 Å². The molecule has 2 aliphatic rings. The molecule has 3 heterocycles. The fraction of sp³-hybridized carbons (Fsp3) is 0.522. The highest BCUT2D eigenvalue weighted by Crippen LogP contribution is 2.30. The number of nitrogens with one attached hydrogen (secondary N) is 1. The number of hydrogen-bond donors (Lipinski definition) is 1. The van der Waals surface area contributed by atoms with E-state index in [0.717, 1.165) is 50.0 Å². The summed E-state index contributed by atoms with van der Waals surface area (Å²) in [6.45, 7) is 8.78. The number of likely N-dealkylation sites (tertiary alicyclic amines) is 2. The maximum atomic E-state index is 12.7. The molecule has 0 aliphatic carbocycles. The second-order valence-electron chi connectivity index (χ2n) is 8.45. The van der Waals surface area contributed by atoms with Crippen molar-refractivity contribution < 1.29 is 14.0 Å². The van der Waals surface area contributed by atoms with E-state index in [0.29, 0.717) is 30.4 Å². The molecule has 2 saturated heterocycles. The Hall–Kier alpha value is -2.83. The summed E-state index contributed by atoms with van der Waals surface area (Å²) in [5, 5.41) is 2.99. The molecule has 0 atom stereocenters. The van der Waals surface area contributed by atoms with Crippen LogP contribution < -0.4 is 5.32 Å². The number of hydrogen-bond acceptors (Lipinski definition) is 4. The molecule has 1 N–H and O–H groups in total. The number of aromatic nitrogens is 1. The fourth-order valence-electron chi connectivity index (χ4n) is 4.21. The molecule has 0 saturated carbocycles. The highest BCUT2D eigenvalue weighted by Gasteiger charge is 2.30. The Balaban J connectivity index is 1.35. The van der Waals surface area contributed by atoms with Crippen molar-refractivity contribution in [2.75, 3.05) is 31.5 Å². The zero-order valence-electron chi connectivity index (χ0n) is 18.0. The molecule has 2 aromatic rings. The van der Waals surface area contributed by atoms with E-state index in [2.05, 4.69) is 17.2 Å². The Labute approximate surface area is 177 Å². The fourth-order valence-corrected chi connectivity index (χ4v) is 4.21. The summed E-state index contributed by atoms with van der Waals surface area (Å²) < 4.78 is 5.87. The lowest BCUT2D eigenvalue weighted by Gasteiger charge is -2.30. The maximum absolute atomic E-state index is 12.7. The summed E-state index contributed by atoms with van der Waals surface area (Å²) in [5.74, 6) is 1.33. The van der Waals surface area contributed by atoms with E-state index in [1.165, 1.54) is 5.56 Å². The topological polar surface area (TPSA) is 78.7 Å². The van der Waals surface area contributed by atoms with E-state index < -0.39 is 0 Å². The first kappa shape index (κ1) is 20.4. The van der Waals surface area contributed by atoms with Gasteiger partial charge in [-0.1, -0.05) is 6.07 Å². The second-order valence-corrected chi connectivity index (χ2v) is 8.45. The molecule has 0 bridgehead atoms. The van der Waals surface area contributed by atoms with Gasteiger partial charge in [-0.25, -0.2) is 9.78 Å². The Morgan fingerprint density at radius 1 is 1.00 bits per heavy atom. The normalized spacial score (nSPS) is 17.4. The first-order valence-corrected chi connectivity index (χ1v) is 10.8. The van der Waals surface area contributed by atoms with Gasteiger partial charge in [-0.2, -0.15) is 0 Å². The predicted octanol–water partition coefficient (Wildman–Crippen LogP) is 4.25. The Morgan fingerprint density at radius 2 is 1.70 bits per heavy atom. The number of amides is 3. The summed E-state index contributed by atoms with van der Waals surface area (Å²) in [6, 6.07) is 5.86. The third-order valence-electron chi connectivity index (χ3n) is 6.30. The minimum absolute atomic E-state index is 0.0230. The van der Waals surface area contributed by atoms with Crippen LogP contribution in [0.15, 0.2) is 22.6 Å². The summed E-state index contributed by atoms with van der Waals surface area (Å²) in [5.41, 5.74) is 3.63. The number of benzene rings is 1. The third-order valence-corrected chi connectivity index (χ3v) is 6.30. The zero-order valence-corrected chi connectivity index (χ0v) is 18.0. The van der Waals surface area contributed by atoms with Crippen LogP contribution >= 0.6 is 0 Å². The van der Waals surface area contributed by atoms with E-state index in [4.69, 9.17) is 4.42 Å². The van der Waals surface area contributed by atoms with Crippen LogP contribution in [0.5, 0.6) is 0 Å². The number of rotatable bonds is 3. The van der Waals surface area contributed by atoms with Crippen molar-refractivity contribution in [1.29, 1.82) is 0 Å².